The number of amides is 1. The highest BCUT2D eigenvalue weighted by Crippen LogP contribution is 2.32. The van der Waals surface area contributed by atoms with Gasteiger partial charge in [-0.25, -0.2) is 0 Å². The van der Waals surface area contributed by atoms with Gasteiger partial charge in [0.05, 0.1) is 11.8 Å². The molecule has 114 valence electrons. The van der Waals surface area contributed by atoms with Crippen molar-refractivity contribution in [1.29, 1.82) is 0 Å². The Morgan fingerprint density at radius 3 is 2.25 bits per heavy atom. The van der Waals surface area contributed by atoms with Crippen molar-refractivity contribution in [3.8, 4) is 0 Å². The summed E-state index contributed by atoms with van der Waals surface area (Å²) in [4.78, 5) is 23.7. The standard InChI is InChI=1S/C16H27NO3/c1-10-7-8-14(11(2)9-10)17-15(18)12-5-3-4-6-13(12)16(19)20/h10-14H,3-9H2,1-2H3,(H,17,18)(H,19,20)/t10?,11?,12-,13+,14?/m1/s1. The van der Waals surface area contributed by atoms with E-state index in [9.17, 15) is 14.7 Å². The van der Waals surface area contributed by atoms with E-state index in [1.165, 1.54) is 0 Å². The van der Waals surface area contributed by atoms with Gasteiger partial charge in [0, 0.05) is 6.04 Å². The maximum atomic E-state index is 12.4. The van der Waals surface area contributed by atoms with Crippen LogP contribution in [-0.4, -0.2) is 23.0 Å². The number of carboxylic acid groups (broad SMARTS) is 1. The first-order valence-electron chi connectivity index (χ1n) is 8.02. The van der Waals surface area contributed by atoms with Gasteiger partial charge in [0.15, 0.2) is 0 Å². The maximum absolute atomic E-state index is 12.4. The largest absolute Gasteiger partial charge is 0.481 e. The minimum Gasteiger partial charge on any atom is -0.481 e. The monoisotopic (exact) mass is 281 g/mol. The van der Waals surface area contributed by atoms with Crippen molar-refractivity contribution in [1.82, 2.24) is 5.32 Å². The van der Waals surface area contributed by atoms with Crippen molar-refractivity contribution < 1.29 is 14.7 Å². The van der Waals surface area contributed by atoms with Gasteiger partial charge in [-0.1, -0.05) is 26.7 Å². The van der Waals surface area contributed by atoms with Crippen molar-refractivity contribution in [3.63, 3.8) is 0 Å². The van der Waals surface area contributed by atoms with Crippen LogP contribution in [0.4, 0.5) is 0 Å². The lowest BCUT2D eigenvalue weighted by Gasteiger charge is -2.35. The summed E-state index contributed by atoms with van der Waals surface area (Å²) < 4.78 is 0. The van der Waals surface area contributed by atoms with Gasteiger partial charge in [0.2, 0.25) is 5.91 Å². The molecule has 0 saturated heterocycles. The summed E-state index contributed by atoms with van der Waals surface area (Å²) in [7, 11) is 0. The lowest BCUT2D eigenvalue weighted by Crippen LogP contribution is -2.47. The van der Waals surface area contributed by atoms with E-state index in [2.05, 4.69) is 19.2 Å². The molecule has 0 bridgehead atoms. The number of carbonyl (C=O) groups excluding carboxylic acids is 1. The second kappa shape index (κ2) is 6.59. The zero-order valence-electron chi connectivity index (χ0n) is 12.6. The van der Waals surface area contributed by atoms with Gasteiger partial charge in [-0.2, -0.15) is 0 Å². The number of aliphatic carboxylic acids is 1. The molecule has 0 aromatic heterocycles. The highest BCUT2D eigenvalue weighted by atomic mass is 16.4. The molecular weight excluding hydrogens is 254 g/mol. The van der Waals surface area contributed by atoms with E-state index >= 15 is 0 Å². The molecule has 0 aliphatic heterocycles. The molecule has 3 unspecified atom stereocenters. The Hall–Kier alpha value is -1.06. The zero-order valence-corrected chi connectivity index (χ0v) is 12.6. The zero-order chi connectivity index (χ0) is 14.7. The fourth-order valence-electron chi connectivity index (χ4n) is 3.91. The van der Waals surface area contributed by atoms with Gasteiger partial charge >= 0.3 is 5.97 Å². The summed E-state index contributed by atoms with van der Waals surface area (Å²) in [6.45, 7) is 4.45. The van der Waals surface area contributed by atoms with Crippen molar-refractivity contribution in [3.05, 3.63) is 0 Å². The van der Waals surface area contributed by atoms with Crippen LogP contribution in [0, 0.1) is 23.7 Å². The van der Waals surface area contributed by atoms with Crippen molar-refractivity contribution in [2.75, 3.05) is 0 Å². The fraction of sp³-hybridized carbons (Fsp3) is 0.875. The third-order valence-electron chi connectivity index (χ3n) is 5.18. The molecule has 1 amide bonds. The number of rotatable bonds is 3. The Bertz CT molecular complexity index is 369. The summed E-state index contributed by atoms with van der Waals surface area (Å²) in [6.07, 6.45) is 6.60. The molecule has 0 spiro atoms. The fourth-order valence-corrected chi connectivity index (χ4v) is 3.91. The minimum absolute atomic E-state index is 0.0245. The van der Waals surface area contributed by atoms with Crippen LogP contribution in [-0.2, 0) is 9.59 Å². The van der Waals surface area contributed by atoms with Gasteiger partial charge in [-0.05, 0) is 43.9 Å². The summed E-state index contributed by atoms with van der Waals surface area (Å²) in [6, 6.07) is 0.232. The summed E-state index contributed by atoms with van der Waals surface area (Å²) in [5.74, 6) is -0.415. The predicted octanol–water partition coefficient (Wildman–Crippen LogP) is 2.82. The van der Waals surface area contributed by atoms with Gasteiger partial charge in [-0.3, -0.25) is 9.59 Å². The Balaban J connectivity index is 1.94. The van der Waals surface area contributed by atoms with Crippen molar-refractivity contribution in [2.24, 2.45) is 23.7 Å². The number of nitrogens with one attached hydrogen (secondary N) is 1. The molecular formula is C16H27NO3. The highest BCUT2D eigenvalue weighted by molar-refractivity contribution is 5.85. The van der Waals surface area contributed by atoms with Crippen LogP contribution in [0.15, 0.2) is 0 Å². The third-order valence-corrected chi connectivity index (χ3v) is 5.18. The van der Waals surface area contributed by atoms with E-state index in [0.717, 1.165) is 44.4 Å². The van der Waals surface area contributed by atoms with Gasteiger partial charge in [0.25, 0.3) is 0 Å². The molecule has 20 heavy (non-hydrogen) atoms. The number of carbonyl (C=O) groups is 2. The number of hydrogen-bond acceptors (Lipinski definition) is 2. The molecule has 4 nitrogen and oxygen atoms in total. The molecule has 0 heterocycles. The van der Waals surface area contributed by atoms with E-state index in [1.807, 2.05) is 0 Å². The maximum Gasteiger partial charge on any atom is 0.307 e. The van der Waals surface area contributed by atoms with Gasteiger partial charge < -0.3 is 10.4 Å². The van der Waals surface area contributed by atoms with Crippen LogP contribution in [0.1, 0.15) is 58.8 Å². The molecule has 2 fully saturated rings. The normalized spacial score (nSPS) is 38.2. The minimum atomic E-state index is -0.810. The number of hydrogen-bond donors (Lipinski definition) is 2. The Kier molecular flexibility index (Phi) is 5.06. The summed E-state index contributed by atoms with van der Waals surface area (Å²) >= 11 is 0. The second-order valence-corrected chi connectivity index (χ2v) is 6.85. The molecule has 2 saturated carbocycles. The van der Waals surface area contributed by atoms with Crippen LogP contribution in [0.5, 0.6) is 0 Å². The first kappa shape index (κ1) is 15.3. The summed E-state index contributed by atoms with van der Waals surface area (Å²) in [5.41, 5.74) is 0. The van der Waals surface area contributed by atoms with E-state index in [0.29, 0.717) is 12.3 Å². The van der Waals surface area contributed by atoms with Crippen LogP contribution in [0.3, 0.4) is 0 Å². The lowest BCUT2D eigenvalue weighted by molar-refractivity contribution is -0.149. The second-order valence-electron chi connectivity index (χ2n) is 6.85. The molecule has 0 aromatic carbocycles. The Labute approximate surface area is 121 Å². The topological polar surface area (TPSA) is 66.4 Å². The van der Waals surface area contributed by atoms with Crippen molar-refractivity contribution >= 4 is 11.9 Å². The Morgan fingerprint density at radius 2 is 1.65 bits per heavy atom. The van der Waals surface area contributed by atoms with Crippen LogP contribution in [0.2, 0.25) is 0 Å². The quantitative estimate of drug-likeness (QED) is 0.836. The third kappa shape index (κ3) is 3.53. The molecule has 0 aromatic rings. The van der Waals surface area contributed by atoms with E-state index in [1.54, 1.807) is 0 Å². The molecule has 2 aliphatic rings. The van der Waals surface area contributed by atoms with Crippen LogP contribution in [0.25, 0.3) is 0 Å². The van der Waals surface area contributed by atoms with Gasteiger partial charge in [0.1, 0.15) is 0 Å². The number of carboxylic acids is 1. The SMILES string of the molecule is CC1CCC(NC(=O)[C@@H]2CCCC[C@@H]2C(=O)O)C(C)C1. The smallest absolute Gasteiger partial charge is 0.307 e. The highest BCUT2D eigenvalue weighted by Gasteiger charge is 2.37. The molecule has 5 atom stereocenters. The lowest BCUT2D eigenvalue weighted by atomic mass is 9.77. The van der Waals surface area contributed by atoms with E-state index < -0.39 is 11.9 Å². The van der Waals surface area contributed by atoms with Crippen molar-refractivity contribution in [2.45, 2.75) is 64.8 Å². The first-order chi connectivity index (χ1) is 9.49. The molecule has 2 rings (SSSR count). The molecule has 0 radical (unpaired) electrons. The molecule has 4 heteroatoms. The van der Waals surface area contributed by atoms with Gasteiger partial charge in [-0.15, -0.1) is 0 Å². The van der Waals surface area contributed by atoms with E-state index in [-0.39, 0.29) is 17.9 Å². The average Bonchev–Trinajstić information content (AvgIpc) is 2.41. The Morgan fingerprint density at radius 1 is 1.00 bits per heavy atom. The molecule has 2 aliphatic carbocycles. The van der Waals surface area contributed by atoms with Crippen LogP contribution >= 0.6 is 0 Å². The summed E-state index contributed by atoms with van der Waals surface area (Å²) in [5, 5.41) is 12.4. The van der Waals surface area contributed by atoms with E-state index in [4.69, 9.17) is 0 Å². The van der Waals surface area contributed by atoms with Crippen LogP contribution < -0.4 is 5.32 Å². The average molecular weight is 281 g/mol. The first-order valence-corrected chi connectivity index (χ1v) is 8.02. The molecule has 2 N–H and O–H groups in total. The predicted molar refractivity (Wildman–Crippen MR) is 77.2 cm³/mol.